The molecule has 5 heterocycles. The van der Waals surface area contributed by atoms with Crippen molar-refractivity contribution in [3.8, 4) is 17.0 Å². The summed E-state index contributed by atoms with van der Waals surface area (Å²) >= 11 is 6.62. The number of ether oxygens (including phenoxy) is 1. The molecule has 0 amide bonds. The number of rotatable bonds is 5. The molecule has 0 saturated carbocycles. The number of hydrogen-bond acceptors (Lipinski definition) is 5. The zero-order chi connectivity index (χ0) is 26.1. The normalized spacial score (nSPS) is 17.4. The first-order chi connectivity index (χ1) is 17.7. The molecule has 0 spiro atoms. The van der Waals surface area contributed by atoms with Crippen LogP contribution in [0, 0.1) is 0 Å². The number of benzene rings is 1. The fourth-order valence-corrected chi connectivity index (χ4v) is 5.75. The van der Waals surface area contributed by atoms with Crippen LogP contribution in [0.5, 0.6) is 5.75 Å². The van der Waals surface area contributed by atoms with E-state index in [0.717, 1.165) is 24.0 Å². The standard InChI is InChI=1S/C26H24ClN5O5/c1-26(2)7-6-19-16-12-22(37-10-9-30-25(36)29-8-4-3-5-23(29)28-30)18(27)11-15(16)20-13-21(33)17(24(34)35)14-31(20)32(19)26/h3-5,8,11-14,19H,6-7,9-10H2,1-2H3,(H,34,35)/p+1/t19-/m1/s1. The second-order valence-corrected chi connectivity index (χ2v) is 10.4. The summed E-state index contributed by atoms with van der Waals surface area (Å²) in [7, 11) is 0. The highest BCUT2D eigenvalue weighted by Gasteiger charge is 2.45. The van der Waals surface area contributed by atoms with Gasteiger partial charge in [-0.1, -0.05) is 17.7 Å². The Morgan fingerprint density at radius 1 is 1.24 bits per heavy atom. The van der Waals surface area contributed by atoms with E-state index in [1.54, 1.807) is 23.0 Å². The average Bonchev–Trinajstić information content (AvgIpc) is 3.35. The van der Waals surface area contributed by atoms with Gasteiger partial charge in [-0.25, -0.2) is 9.59 Å². The minimum atomic E-state index is -1.26. The molecule has 1 fully saturated rings. The second kappa shape index (κ2) is 8.24. The summed E-state index contributed by atoms with van der Waals surface area (Å²) in [5, 5.41) is 15.1. The zero-order valence-electron chi connectivity index (χ0n) is 20.3. The van der Waals surface area contributed by atoms with Gasteiger partial charge in [-0.15, -0.1) is 9.08 Å². The number of nitrogens with zero attached hydrogens (tertiary/aromatic N) is 4. The summed E-state index contributed by atoms with van der Waals surface area (Å²) in [6, 6.07) is 10.4. The number of H-pyrrole nitrogens is 1. The SMILES string of the molecule is CC1(C)CC[C@@H]2c3cc(OCCn4[nH+]c5ccccn5c4=O)c(Cl)cc3-c3cc(=O)c(C(=O)O)cn3N21. The van der Waals surface area contributed by atoms with Crippen LogP contribution in [0.15, 0.2) is 58.4 Å². The Hall–Kier alpha value is -4.05. The van der Waals surface area contributed by atoms with E-state index in [0.29, 0.717) is 28.7 Å². The van der Waals surface area contributed by atoms with Crippen molar-refractivity contribution in [1.29, 1.82) is 0 Å². The van der Waals surface area contributed by atoms with Crippen molar-refractivity contribution >= 4 is 23.2 Å². The smallest absolute Gasteiger partial charge is 0.451 e. The number of fused-ring (bicyclic) bond motifs is 7. The Morgan fingerprint density at radius 2 is 2.05 bits per heavy atom. The Bertz CT molecular complexity index is 1700. The first-order valence-corrected chi connectivity index (χ1v) is 12.4. The van der Waals surface area contributed by atoms with Gasteiger partial charge in [0.05, 0.1) is 22.3 Å². The summed E-state index contributed by atoms with van der Waals surface area (Å²) in [6.07, 6.45) is 4.84. The van der Waals surface area contributed by atoms with Crippen LogP contribution in [-0.2, 0) is 6.54 Å². The molecule has 190 valence electrons. The van der Waals surface area contributed by atoms with Crippen molar-refractivity contribution in [3.63, 3.8) is 0 Å². The van der Waals surface area contributed by atoms with Crippen molar-refractivity contribution < 1.29 is 19.7 Å². The van der Waals surface area contributed by atoms with Crippen LogP contribution in [0.4, 0.5) is 0 Å². The number of hydrogen-bond donors (Lipinski definition) is 1. The van der Waals surface area contributed by atoms with E-state index < -0.39 is 11.4 Å². The fourth-order valence-electron chi connectivity index (χ4n) is 5.53. The van der Waals surface area contributed by atoms with E-state index in [1.807, 2.05) is 18.2 Å². The van der Waals surface area contributed by atoms with Gasteiger partial charge in [-0.2, -0.15) is 5.10 Å². The molecule has 1 aromatic carbocycles. The number of pyridine rings is 2. The summed E-state index contributed by atoms with van der Waals surface area (Å²) in [6.45, 7) is 4.71. The number of carboxylic acids is 1. The largest absolute Gasteiger partial charge is 0.490 e. The van der Waals surface area contributed by atoms with Gasteiger partial charge < -0.3 is 9.84 Å². The molecule has 10 nitrogen and oxygen atoms in total. The topological polar surface area (TPSA) is 112 Å². The van der Waals surface area contributed by atoms with Gasteiger partial charge >= 0.3 is 17.3 Å². The lowest BCUT2D eigenvalue weighted by Gasteiger charge is -2.44. The molecule has 0 unspecified atom stereocenters. The van der Waals surface area contributed by atoms with Gasteiger partial charge in [0.2, 0.25) is 0 Å². The number of aromatic nitrogens is 4. The van der Waals surface area contributed by atoms with Crippen molar-refractivity contribution in [1.82, 2.24) is 13.8 Å². The molecule has 3 aromatic heterocycles. The first kappa shape index (κ1) is 23.4. The predicted molar refractivity (Wildman–Crippen MR) is 136 cm³/mol. The number of halogens is 1. The molecule has 11 heteroatoms. The average molecular weight is 523 g/mol. The Kier molecular flexibility index (Phi) is 5.20. The van der Waals surface area contributed by atoms with Gasteiger partial charge in [-0.05, 0) is 50.5 Å². The monoisotopic (exact) mass is 522 g/mol. The summed E-state index contributed by atoms with van der Waals surface area (Å²) in [5.74, 6) is -0.770. The van der Waals surface area contributed by atoms with Crippen LogP contribution >= 0.6 is 11.6 Å². The number of carbonyl (C=O) groups is 1. The molecular formula is C26H25ClN5O5+. The summed E-state index contributed by atoms with van der Waals surface area (Å²) in [5.41, 5.74) is 1.72. The van der Waals surface area contributed by atoms with Gasteiger partial charge in [0.25, 0.3) is 0 Å². The maximum Gasteiger partial charge on any atom is 0.451 e. The Morgan fingerprint density at radius 3 is 2.81 bits per heavy atom. The fraction of sp³-hybridized carbons (Fsp3) is 0.308. The van der Waals surface area contributed by atoms with Crippen molar-refractivity contribution in [2.24, 2.45) is 0 Å². The van der Waals surface area contributed by atoms with Crippen LogP contribution in [0.1, 0.15) is 48.7 Å². The molecule has 2 N–H and O–H groups in total. The molecule has 1 saturated heterocycles. The van der Waals surface area contributed by atoms with Crippen molar-refractivity contribution in [2.45, 2.75) is 44.8 Å². The maximum atomic E-state index is 12.6. The molecule has 2 aliphatic rings. The van der Waals surface area contributed by atoms with E-state index in [9.17, 15) is 19.5 Å². The van der Waals surface area contributed by atoms with Crippen LogP contribution < -0.4 is 26.0 Å². The molecule has 1 atom stereocenters. The summed E-state index contributed by atoms with van der Waals surface area (Å²) < 4.78 is 10.8. The maximum absolute atomic E-state index is 12.6. The first-order valence-electron chi connectivity index (χ1n) is 12.0. The minimum absolute atomic E-state index is 0.0472. The molecule has 0 aliphatic carbocycles. The van der Waals surface area contributed by atoms with Crippen LogP contribution in [-0.4, -0.2) is 37.0 Å². The molecule has 0 bridgehead atoms. The third-order valence-corrected chi connectivity index (χ3v) is 7.59. The van der Waals surface area contributed by atoms with Gasteiger partial charge in [0.1, 0.15) is 30.7 Å². The molecule has 37 heavy (non-hydrogen) atoms. The van der Waals surface area contributed by atoms with E-state index >= 15 is 0 Å². The Balaban J connectivity index is 1.37. The quantitative estimate of drug-likeness (QED) is 0.431. The molecule has 0 radical (unpaired) electrons. The third kappa shape index (κ3) is 3.62. The zero-order valence-corrected chi connectivity index (χ0v) is 21.0. The highest BCUT2D eigenvalue weighted by Crippen LogP contribution is 2.49. The van der Waals surface area contributed by atoms with Gasteiger partial charge in [-0.3, -0.25) is 14.5 Å². The van der Waals surface area contributed by atoms with Gasteiger partial charge in [0.15, 0.2) is 5.43 Å². The highest BCUT2D eigenvalue weighted by atomic mass is 35.5. The van der Waals surface area contributed by atoms with Gasteiger partial charge in [0, 0.05) is 23.9 Å². The minimum Gasteiger partial charge on any atom is -0.490 e. The second-order valence-electron chi connectivity index (χ2n) is 10.0. The Labute approximate surface area is 215 Å². The van der Waals surface area contributed by atoms with Crippen LogP contribution in [0.25, 0.3) is 16.9 Å². The van der Waals surface area contributed by atoms with Crippen LogP contribution in [0.3, 0.4) is 0 Å². The number of aromatic amines is 1. The lowest BCUT2D eigenvalue weighted by molar-refractivity contribution is -0.466. The van der Waals surface area contributed by atoms with E-state index in [-0.39, 0.29) is 29.4 Å². The number of carboxylic acid groups (broad SMARTS) is 1. The summed E-state index contributed by atoms with van der Waals surface area (Å²) in [4.78, 5) is 36.9. The van der Waals surface area contributed by atoms with E-state index in [2.05, 4.69) is 24.0 Å². The number of nitrogens with one attached hydrogen (secondary N) is 1. The lowest BCUT2D eigenvalue weighted by atomic mass is 9.94. The molecule has 2 aliphatic heterocycles. The molecule has 4 aromatic rings. The van der Waals surface area contributed by atoms with Crippen molar-refractivity contribution in [2.75, 3.05) is 11.6 Å². The van der Waals surface area contributed by atoms with E-state index in [4.69, 9.17) is 16.3 Å². The van der Waals surface area contributed by atoms with E-state index in [1.165, 1.54) is 21.3 Å². The lowest BCUT2D eigenvalue weighted by Crippen LogP contribution is -2.50. The number of aromatic carboxylic acids is 1. The predicted octanol–water partition coefficient (Wildman–Crippen LogP) is 2.74. The molecular weight excluding hydrogens is 498 g/mol. The van der Waals surface area contributed by atoms with Crippen LogP contribution in [0.2, 0.25) is 5.02 Å². The van der Waals surface area contributed by atoms with Crippen molar-refractivity contribution in [3.05, 3.63) is 85.6 Å². The highest BCUT2D eigenvalue weighted by molar-refractivity contribution is 6.32. The third-order valence-electron chi connectivity index (χ3n) is 7.30. The molecule has 6 rings (SSSR count).